The Morgan fingerprint density at radius 2 is 1.85 bits per heavy atom. The van der Waals surface area contributed by atoms with E-state index >= 15 is 0 Å². The van der Waals surface area contributed by atoms with Crippen LogP contribution in [-0.2, 0) is 33.4 Å². The van der Waals surface area contributed by atoms with Gasteiger partial charge in [0.05, 0.1) is 12.5 Å². The third-order valence-electron chi connectivity index (χ3n) is 4.93. The van der Waals surface area contributed by atoms with E-state index in [9.17, 15) is 19.2 Å². The van der Waals surface area contributed by atoms with Crippen LogP contribution in [0.25, 0.3) is 0 Å². The summed E-state index contributed by atoms with van der Waals surface area (Å²) >= 11 is 0. The molecule has 8 heteroatoms. The summed E-state index contributed by atoms with van der Waals surface area (Å²) in [6.45, 7) is 8.06. The van der Waals surface area contributed by atoms with Crippen LogP contribution in [-0.4, -0.2) is 53.6 Å². The van der Waals surface area contributed by atoms with Crippen molar-refractivity contribution in [3.05, 3.63) is 11.8 Å². The topological polar surface area (TPSA) is 99.2 Å². The predicted molar refractivity (Wildman–Crippen MR) is 89.4 cm³/mol. The minimum absolute atomic E-state index is 0.0355. The fourth-order valence-corrected chi connectivity index (χ4v) is 3.19. The zero-order valence-electron chi connectivity index (χ0n) is 15.7. The highest BCUT2D eigenvalue weighted by molar-refractivity contribution is 6.09. The fourth-order valence-electron chi connectivity index (χ4n) is 3.19. The van der Waals surface area contributed by atoms with Gasteiger partial charge in [-0.05, 0) is 12.8 Å². The standard InChI is InChI=1S/C18H25NO7/c1-9-7-19(16(23)6-14(9)22)18-17(25-13(5)21)11(3)10(2)15(26-18)8-24-12(4)20/h7,10-11,15,17-18H,6,8H2,1-5H3/t10-,11-,15?,17?,18+/m0/s1. The second-order valence-electron chi connectivity index (χ2n) is 6.87. The smallest absolute Gasteiger partial charge is 0.303 e. The maximum absolute atomic E-state index is 12.4. The van der Waals surface area contributed by atoms with Gasteiger partial charge in [0.1, 0.15) is 12.7 Å². The molecule has 2 unspecified atom stereocenters. The molecular weight excluding hydrogens is 342 g/mol. The number of Topliss-reactive ketones (excluding diaryl/α,β-unsaturated/α-hetero) is 1. The Bertz CT molecular complexity index is 639. The first-order chi connectivity index (χ1) is 12.1. The van der Waals surface area contributed by atoms with Gasteiger partial charge in [0.2, 0.25) is 5.91 Å². The van der Waals surface area contributed by atoms with Crippen LogP contribution in [0.5, 0.6) is 0 Å². The molecule has 8 nitrogen and oxygen atoms in total. The van der Waals surface area contributed by atoms with Crippen LogP contribution in [0.3, 0.4) is 0 Å². The van der Waals surface area contributed by atoms with Gasteiger partial charge in [0.15, 0.2) is 12.0 Å². The van der Waals surface area contributed by atoms with Crippen LogP contribution in [0.2, 0.25) is 0 Å². The molecule has 0 radical (unpaired) electrons. The van der Waals surface area contributed by atoms with Gasteiger partial charge in [-0.2, -0.15) is 0 Å². The van der Waals surface area contributed by atoms with Gasteiger partial charge in [0, 0.05) is 31.5 Å². The van der Waals surface area contributed by atoms with E-state index in [-0.39, 0.29) is 30.6 Å². The Hall–Kier alpha value is -2.22. The van der Waals surface area contributed by atoms with E-state index in [2.05, 4.69) is 0 Å². The molecule has 144 valence electrons. The highest BCUT2D eigenvalue weighted by Gasteiger charge is 2.47. The molecule has 5 atom stereocenters. The summed E-state index contributed by atoms with van der Waals surface area (Å²) in [5, 5.41) is 0. The van der Waals surface area contributed by atoms with Crippen LogP contribution < -0.4 is 0 Å². The number of ketones is 1. The van der Waals surface area contributed by atoms with Gasteiger partial charge in [-0.15, -0.1) is 0 Å². The Morgan fingerprint density at radius 1 is 1.19 bits per heavy atom. The van der Waals surface area contributed by atoms with Crippen LogP contribution in [0.15, 0.2) is 11.8 Å². The lowest BCUT2D eigenvalue weighted by atomic mass is 9.82. The molecule has 0 N–H and O–H groups in total. The van der Waals surface area contributed by atoms with Gasteiger partial charge in [-0.1, -0.05) is 13.8 Å². The summed E-state index contributed by atoms with van der Waals surface area (Å²) in [6.07, 6.45) is -0.877. The van der Waals surface area contributed by atoms with Crippen molar-refractivity contribution in [1.82, 2.24) is 4.90 Å². The monoisotopic (exact) mass is 367 g/mol. The number of carbonyl (C=O) groups is 4. The molecule has 2 aliphatic rings. The molecule has 2 rings (SSSR count). The number of ether oxygens (including phenoxy) is 3. The number of rotatable bonds is 4. The van der Waals surface area contributed by atoms with Gasteiger partial charge in [-0.3, -0.25) is 24.1 Å². The molecule has 26 heavy (non-hydrogen) atoms. The summed E-state index contributed by atoms with van der Waals surface area (Å²) < 4.78 is 16.5. The minimum atomic E-state index is -0.888. The molecular formula is C18H25NO7. The molecule has 0 aliphatic carbocycles. The first-order valence-electron chi connectivity index (χ1n) is 8.60. The molecule has 0 aromatic carbocycles. The predicted octanol–water partition coefficient (Wildman–Crippen LogP) is 1.18. The number of amides is 1. The quantitative estimate of drug-likeness (QED) is 0.543. The van der Waals surface area contributed by atoms with Crippen molar-refractivity contribution >= 4 is 23.6 Å². The number of nitrogens with zero attached hydrogens (tertiary/aromatic N) is 1. The second kappa shape index (κ2) is 7.99. The van der Waals surface area contributed by atoms with E-state index in [0.29, 0.717) is 5.57 Å². The third-order valence-corrected chi connectivity index (χ3v) is 4.93. The van der Waals surface area contributed by atoms with Gasteiger partial charge in [0.25, 0.3) is 0 Å². The average molecular weight is 367 g/mol. The van der Waals surface area contributed by atoms with E-state index in [1.54, 1.807) is 6.92 Å². The molecule has 0 spiro atoms. The lowest BCUT2D eigenvalue weighted by Crippen LogP contribution is -2.59. The van der Waals surface area contributed by atoms with E-state index in [1.165, 1.54) is 24.9 Å². The summed E-state index contributed by atoms with van der Waals surface area (Å²) in [7, 11) is 0. The summed E-state index contributed by atoms with van der Waals surface area (Å²) in [6, 6.07) is 0. The van der Waals surface area contributed by atoms with Crippen LogP contribution in [0.4, 0.5) is 0 Å². The Balaban J connectivity index is 2.33. The number of esters is 2. The molecule has 0 aromatic rings. The van der Waals surface area contributed by atoms with E-state index in [4.69, 9.17) is 14.2 Å². The van der Waals surface area contributed by atoms with E-state index < -0.39 is 36.3 Å². The number of hydrogen-bond acceptors (Lipinski definition) is 7. The number of hydrogen-bond donors (Lipinski definition) is 0. The molecule has 2 aliphatic heterocycles. The highest BCUT2D eigenvalue weighted by Crippen LogP contribution is 2.35. The molecule has 1 fully saturated rings. The first kappa shape index (κ1) is 20.1. The van der Waals surface area contributed by atoms with Crippen LogP contribution in [0, 0.1) is 11.8 Å². The normalized spacial score (nSPS) is 32.1. The largest absolute Gasteiger partial charge is 0.463 e. The minimum Gasteiger partial charge on any atom is -0.463 e. The Kier molecular flexibility index (Phi) is 6.17. The first-order valence-corrected chi connectivity index (χ1v) is 8.60. The maximum atomic E-state index is 12.4. The van der Waals surface area contributed by atoms with Gasteiger partial charge >= 0.3 is 11.9 Å². The fraction of sp³-hybridized carbons (Fsp3) is 0.667. The Morgan fingerprint density at radius 3 is 2.42 bits per heavy atom. The molecule has 1 amide bonds. The lowest BCUT2D eigenvalue weighted by molar-refractivity contribution is -0.232. The second-order valence-corrected chi connectivity index (χ2v) is 6.87. The number of allylic oxidation sites excluding steroid dienone is 1. The van der Waals surface area contributed by atoms with Crippen molar-refractivity contribution in [2.24, 2.45) is 11.8 Å². The lowest BCUT2D eigenvalue weighted by Gasteiger charge is -2.47. The van der Waals surface area contributed by atoms with Crippen molar-refractivity contribution in [1.29, 1.82) is 0 Å². The summed E-state index contributed by atoms with van der Waals surface area (Å²) in [5.41, 5.74) is 0.428. The average Bonchev–Trinajstić information content (AvgIpc) is 2.54. The van der Waals surface area contributed by atoms with E-state index in [0.717, 1.165) is 0 Å². The molecule has 2 heterocycles. The van der Waals surface area contributed by atoms with Crippen molar-refractivity contribution in [2.45, 2.75) is 59.5 Å². The van der Waals surface area contributed by atoms with Crippen molar-refractivity contribution in [3.8, 4) is 0 Å². The van der Waals surface area contributed by atoms with E-state index in [1.807, 2.05) is 13.8 Å². The van der Waals surface area contributed by atoms with Crippen LogP contribution >= 0.6 is 0 Å². The van der Waals surface area contributed by atoms with Crippen LogP contribution in [0.1, 0.15) is 41.0 Å². The maximum Gasteiger partial charge on any atom is 0.303 e. The van der Waals surface area contributed by atoms with Crippen molar-refractivity contribution in [3.63, 3.8) is 0 Å². The Labute approximate surface area is 152 Å². The number of carbonyl (C=O) groups excluding carboxylic acids is 4. The molecule has 0 bridgehead atoms. The molecule has 1 saturated heterocycles. The van der Waals surface area contributed by atoms with Crippen molar-refractivity contribution < 1.29 is 33.4 Å². The van der Waals surface area contributed by atoms with Gasteiger partial charge in [-0.25, -0.2) is 0 Å². The SMILES string of the molecule is CC(=O)OCC1O[C@@H](N2C=C(C)C(=O)CC2=O)C(OC(C)=O)[C@@H](C)[C@@H]1C. The zero-order chi connectivity index (χ0) is 19.6. The van der Waals surface area contributed by atoms with Crippen molar-refractivity contribution in [2.75, 3.05) is 6.61 Å². The third kappa shape index (κ3) is 4.30. The molecule has 0 saturated carbocycles. The summed E-state index contributed by atoms with van der Waals surface area (Å²) in [5.74, 6) is -1.82. The van der Waals surface area contributed by atoms with Gasteiger partial charge < -0.3 is 14.2 Å². The summed E-state index contributed by atoms with van der Waals surface area (Å²) in [4.78, 5) is 48.2. The zero-order valence-corrected chi connectivity index (χ0v) is 15.7. The highest BCUT2D eigenvalue weighted by atomic mass is 16.6. The molecule has 0 aromatic heterocycles.